The number of carbonyl (C=O) groups excluding carboxylic acids is 1. The summed E-state index contributed by atoms with van der Waals surface area (Å²) in [7, 11) is 1.42. The highest BCUT2D eigenvalue weighted by atomic mass is 19.1. The van der Waals surface area contributed by atoms with Gasteiger partial charge >= 0.3 is 5.97 Å². The largest absolute Gasteiger partial charge is 0.468 e. The summed E-state index contributed by atoms with van der Waals surface area (Å²) in [6.45, 7) is 0. The van der Waals surface area contributed by atoms with Gasteiger partial charge in [0.05, 0.1) is 12.5 Å². The molecule has 17 heavy (non-hydrogen) atoms. The van der Waals surface area contributed by atoms with E-state index < -0.39 is 5.41 Å². The lowest BCUT2D eigenvalue weighted by Gasteiger charge is -2.34. The van der Waals surface area contributed by atoms with Crippen molar-refractivity contribution in [2.45, 2.75) is 37.5 Å². The zero-order valence-corrected chi connectivity index (χ0v) is 10.0. The summed E-state index contributed by atoms with van der Waals surface area (Å²) < 4.78 is 17.9. The van der Waals surface area contributed by atoms with E-state index in [1.165, 1.54) is 19.2 Å². The van der Waals surface area contributed by atoms with Gasteiger partial charge in [0.25, 0.3) is 0 Å². The van der Waals surface area contributed by atoms with E-state index in [0.29, 0.717) is 0 Å². The number of ether oxygens (including phenoxy) is 1. The third-order valence-corrected chi connectivity index (χ3v) is 3.68. The Morgan fingerprint density at radius 2 is 1.76 bits per heavy atom. The first-order chi connectivity index (χ1) is 8.19. The molecule has 1 aliphatic carbocycles. The van der Waals surface area contributed by atoms with Gasteiger partial charge in [-0.15, -0.1) is 0 Å². The average molecular weight is 236 g/mol. The van der Waals surface area contributed by atoms with Gasteiger partial charge in [-0.05, 0) is 30.5 Å². The van der Waals surface area contributed by atoms with Crippen LogP contribution in [0.4, 0.5) is 4.39 Å². The zero-order valence-electron chi connectivity index (χ0n) is 10.0. The molecule has 0 aliphatic heterocycles. The van der Waals surface area contributed by atoms with E-state index in [-0.39, 0.29) is 11.8 Å². The monoisotopic (exact) mass is 236 g/mol. The van der Waals surface area contributed by atoms with Crippen molar-refractivity contribution < 1.29 is 13.9 Å². The van der Waals surface area contributed by atoms with Crippen LogP contribution in [0, 0.1) is 5.82 Å². The number of hydrogen-bond acceptors (Lipinski definition) is 2. The minimum atomic E-state index is -0.555. The van der Waals surface area contributed by atoms with E-state index in [2.05, 4.69) is 0 Å². The van der Waals surface area contributed by atoms with E-state index in [1.54, 1.807) is 12.1 Å². The van der Waals surface area contributed by atoms with Crippen LogP contribution in [-0.4, -0.2) is 13.1 Å². The number of hydrogen-bond donors (Lipinski definition) is 0. The minimum absolute atomic E-state index is 0.191. The van der Waals surface area contributed by atoms with Gasteiger partial charge < -0.3 is 4.74 Å². The molecule has 0 amide bonds. The van der Waals surface area contributed by atoms with Crippen LogP contribution in [0.3, 0.4) is 0 Å². The number of esters is 1. The highest BCUT2D eigenvalue weighted by Gasteiger charge is 2.42. The van der Waals surface area contributed by atoms with Gasteiger partial charge in [0.2, 0.25) is 0 Å². The summed E-state index contributed by atoms with van der Waals surface area (Å²) in [5, 5.41) is 0. The molecule has 0 saturated heterocycles. The fraction of sp³-hybridized carbons (Fsp3) is 0.500. The summed E-state index contributed by atoms with van der Waals surface area (Å²) in [5.41, 5.74) is 0.325. The quantitative estimate of drug-likeness (QED) is 0.737. The Bertz CT molecular complexity index is 391. The molecular weight excluding hydrogens is 219 g/mol. The molecule has 1 fully saturated rings. The Labute approximate surface area is 101 Å². The number of benzene rings is 1. The van der Waals surface area contributed by atoms with Crippen LogP contribution in [0.5, 0.6) is 0 Å². The summed E-state index contributed by atoms with van der Waals surface area (Å²) in [5.74, 6) is -0.464. The maximum Gasteiger partial charge on any atom is 0.316 e. The summed E-state index contributed by atoms with van der Waals surface area (Å²) in [6, 6.07) is 6.23. The molecule has 0 aromatic heterocycles. The molecule has 3 heteroatoms. The Morgan fingerprint density at radius 3 is 2.29 bits per heavy atom. The summed E-state index contributed by atoms with van der Waals surface area (Å²) in [6.07, 6.45) is 4.79. The number of rotatable bonds is 2. The van der Waals surface area contributed by atoms with Gasteiger partial charge in [0.15, 0.2) is 0 Å². The predicted octanol–water partition coefficient (Wildman–Crippen LogP) is 3.20. The second-order valence-electron chi connectivity index (χ2n) is 4.64. The van der Waals surface area contributed by atoms with Crippen LogP contribution in [-0.2, 0) is 14.9 Å². The van der Waals surface area contributed by atoms with Crippen molar-refractivity contribution in [2.24, 2.45) is 0 Å². The molecule has 0 N–H and O–H groups in total. The van der Waals surface area contributed by atoms with Crippen LogP contribution in [0.25, 0.3) is 0 Å². The average Bonchev–Trinajstić information content (AvgIpc) is 2.39. The molecule has 0 spiro atoms. The molecule has 0 heterocycles. The zero-order chi connectivity index (χ0) is 12.3. The molecule has 1 aromatic rings. The Hall–Kier alpha value is -1.38. The smallest absolute Gasteiger partial charge is 0.316 e. The van der Waals surface area contributed by atoms with E-state index >= 15 is 0 Å². The van der Waals surface area contributed by atoms with E-state index in [0.717, 1.165) is 37.7 Å². The van der Waals surface area contributed by atoms with Crippen LogP contribution in [0.2, 0.25) is 0 Å². The van der Waals surface area contributed by atoms with Crippen LogP contribution in [0.1, 0.15) is 37.7 Å². The van der Waals surface area contributed by atoms with Gasteiger partial charge in [0.1, 0.15) is 5.82 Å². The van der Waals surface area contributed by atoms with E-state index in [9.17, 15) is 9.18 Å². The van der Waals surface area contributed by atoms with Crippen molar-refractivity contribution in [1.29, 1.82) is 0 Å². The van der Waals surface area contributed by atoms with Crippen molar-refractivity contribution in [3.05, 3.63) is 35.6 Å². The van der Waals surface area contributed by atoms with Crippen LogP contribution < -0.4 is 0 Å². The van der Waals surface area contributed by atoms with Gasteiger partial charge in [0, 0.05) is 0 Å². The molecule has 1 aromatic carbocycles. The SMILES string of the molecule is COC(=O)C1(c2ccc(F)cc2)CCCCC1. The standard InChI is InChI=1S/C14H17FO2/c1-17-13(16)14(9-3-2-4-10-14)11-5-7-12(15)8-6-11/h5-8H,2-4,9-10H2,1H3. The Balaban J connectivity index is 2.38. The van der Waals surface area contributed by atoms with Crippen molar-refractivity contribution >= 4 is 5.97 Å². The molecule has 2 rings (SSSR count). The minimum Gasteiger partial charge on any atom is -0.468 e. The third-order valence-electron chi connectivity index (χ3n) is 3.68. The van der Waals surface area contributed by atoms with Gasteiger partial charge in [-0.2, -0.15) is 0 Å². The maximum atomic E-state index is 12.9. The van der Waals surface area contributed by atoms with Crippen LogP contribution >= 0.6 is 0 Å². The van der Waals surface area contributed by atoms with Gasteiger partial charge in [-0.1, -0.05) is 31.4 Å². The lowest BCUT2D eigenvalue weighted by molar-refractivity contribution is -0.149. The maximum absolute atomic E-state index is 12.9. The van der Waals surface area contributed by atoms with Crippen molar-refractivity contribution in [3.63, 3.8) is 0 Å². The molecule has 0 atom stereocenters. The van der Waals surface area contributed by atoms with Crippen molar-refractivity contribution in [1.82, 2.24) is 0 Å². The lowest BCUT2D eigenvalue weighted by Crippen LogP contribution is -2.38. The van der Waals surface area contributed by atoms with Gasteiger partial charge in [-0.25, -0.2) is 4.39 Å². The topological polar surface area (TPSA) is 26.3 Å². The number of halogens is 1. The lowest BCUT2D eigenvalue weighted by atomic mass is 9.69. The Morgan fingerprint density at radius 1 is 1.18 bits per heavy atom. The molecule has 92 valence electrons. The van der Waals surface area contributed by atoms with Gasteiger partial charge in [-0.3, -0.25) is 4.79 Å². The highest BCUT2D eigenvalue weighted by molar-refractivity contribution is 5.83. The first kappa shape index (κ1) is 12.1. The van der Waals surface area contributed by atoms with Crippen LogP contribution in [0.15, 0.2) is 24.3 Å². The molecule has 2 nitrogen and oxygen atoms in total. The molecule has 0 unspecified atom stereocenters. The highest BCUT2D eigenvalue weighted by Crippen LogP contribution is 2.40. The number of carbonyl (C=O) groups is 1. The summed E-state index contributed by atoms with van der Waals surface area (Å²) in [4.78, 5) is 12.1. The molecule has 1 aliphatic rings. The second-order valence-corrected chi connectivity index (χ2v) is 4.64. The fourth-order valence-corrected chi connectivity index (χ4v) is 2.73. The molecular formula is C14H17FO2. The first-order valence-electron chi connectivity index (χ1n) is 6.03. The number of methoxy groups -OCH3 is 1. The Kier molecular flexibility index (Phi) is 3.46. The fourth-order valence-electron chi connectivity index (χ4n) is 2.73. The predicted molar refractivity (Wildman–Crippen MR) is 63.2 cm³/mol. The van der Waals surface area contributed by atoms with E-state index in [1.807, 2.05) is 0 Å². The van der Waals surface area contributed by atoms with E-state index in [4.69, 9.17) is 4.74 Å². The molecule has 0 bridgehead atoms. The second kappa shape index (κ2) is 4.86. The molecule has 1 saturated carbocycles. The molecule has 0 radical (unpaired) electrons. The van der Waals surface area contributed by atoms with Crippen molar-refractivity contribution in [2.75, 3.05) is 7.11 Å². The van der Waals surface area contributed by atoms with Crippen molar-refractivity contribution in [3.8, 4) is 0 Å². The normalized spacial score (nSPS) is 18.7. The first-order valence-corrected chi connectivity index (χ1v) is 6.03. The summed E-state index contributed by atoms with van der Waals surface area (Å²) >= 11 is 0. The third kappa shape index (κ3) is 2.19.